The van der Waals surface area contributed by atoms with Gasteiger partial charge in [0.1, 0.15) is 11.5 Å². The third-order valence-corrected chi connectivity index (χ3v) is 4.90. The third kappa shape index (κ3) is 3.58. The quantitative estimate of drug-likeness (QED) is 0.365. The Hall–Kier alpha value is -3.64. The van der Waals surface area contributed by atoms with Crippen LogP contribution in [0.2, 0.25) is 5.02 Å². The van der Waals surface area contributed by atoms with Gasteiger partial charge in [0.2, 0.25) is 11.6 Å². The maximum atomic E-state index is 13.8. The molecule has 4 rings (SSSR count). The first-order valence-electron chi connectivity index (χ1n) is 7.91. The number of anilines is 1. The zero-order valence-electron chi connectivity index (χ0n) is 14.3. The van der Waals surface area contributed by atoms with Gasteiger partial charge in [-0.05, 0) is 33.9 Å². The first-order chi connectivity index (χ1) is 14.1. The summed E-state index contributed by atoms with van der Waals surface area (Å²) in [5.41, 5.74) is 8.32. The van der Waals surface area contributed by atoms with Crippen LogP contribution >= 0.6 is 22.9 Å². The highest BCUT2D eigenvalue weighted by atomic mass is 35.5. The molecule has 0 bridgehead atoms. The van der Waals surface area contributed by atoms with E-state index in [1.807, 2.05) is 5.38 Å². The summed E-state index contributed by atoms with van der Waals surface area (Å²) in [5.74, 6) is -1.19. The van der Waals surface area contributed by atoms with Crippen molar-refractivity contribution in [1.82, 2.24) is 30.7 Å². The van der Waals surface area contributed by atoms with Gasteiger partial charge in [-0.15, -0.1) is 16.4 Å². The molecule has 10 nitrogen and oxygen atoms in total. The van der Waals surface area contributed by atoms with E-state index in [-0.39, 0.29) is 27.9 Å². The van der Waals surface area contributed by atoms with Crippen molar-refractivity contribution in [3.63, 3.8) is 0 Å². The molecule has 1 amide bonds. The van der Waals surface area contributed by atoms with E-state index < -0.39 is 11.7 Å². The van der Waals surface area contributed by atoms with Crippen LogP contribution in [0.5, 0.6) is 0 Å². The number of nitrogens with zero attached hydrogens (tertiary/aromatic N) is 6. The molecule has 0 aliphatic heterocycles. The maximum Gasteiger partial charge on any atom is 0.294 e. The van der Waals surface area contributed by atoms with E-state index in [4.69, 9.17) is 17.3 Å². The van der Waals surface area contributed by atoms with Gasteiger partial charge in [0.15, 0.2) is 5.69 Å². The largest absolute Gasteiger partial charge is 0.378 e. The molecule has 0 atom stereocenters. The molecule has 13 heteroatoms. The molecule has 3 N–H and O–H groups in total. The zero-order valence-corrected chi connectivity index (χ0v) is 15.9. The fourth-order valence-electron chi connectivity index (χ4n) is 2.40. The Morgan fingerprint density at radius 2 is 2.21 bits per heavy atom. The second-order valence-corrected chi connectivity index (χ2v) is 6.84. The van der Waals surface area contributed by atoms with E-state index in [0.717, 1.165) is 6.21 Å². The summed E-state index contributed by atoms with van der Waals surface area (Å²) in [4.78, 5) is 13.3. The number of benzene rings is 1. The van der Waals surface area contributed by atoms with Crippen molar-refractivity contribution in [2.24, 2.45) is 5.10 Å². The van der Waals surface area contributed by atoms with Crippen molar-refractivity contribution < 1.29 is 13.8 Å². The Labute approximate surface area is 170 Å². The molecule has 0 saturated carbocycles. The maximum absolute atomic E-state index is 13.8. The SMILES string of the molecule is Nc1nonc1-n1nnc(C(=O)NN=Cc2c(F)cccc2Cl)c1-c1cccs1. The lowest BCUT2D eigenvalue weighted by molar-refractivity contribution is 0.0950. The summed E-state index contributed by atoms with van der Waals surface area (Å²) >= 11 is 7.28. The standard InChI is InChI=1S/C16H10ClFN8O2S/c17-9-3-1-4-10(18)8(9)7-20-22-16(27)12-13(11-5-2-6-29-11)26(25-21-12)15-14(19)23-28-24-15/h1-7H,(H2,19,23)(H,22,27). The van der Waals surface area contributed by atoms with Crippen LogP contribution < -0.4 is 11.2 Å². The number of carbonyl (C=O) groups excluding carboxylic acids is 1. The van der Waals surface area contributed by atoms with E-state index >= 15 is 0 Å². The summed E-state index contributed by atoms with van der Waals surface area (Å²) < 4.78 is 19.6. The highest BCUT2D eigenvalue weighted by Gasteiger charge is 2.25. The first-order valence-corrected chi connectivity index (χ1v) is 9.17. The van der Waals surface area contributed by atoms with Crippen molar-refractivity contribution in [1.29, 1.82) is 0 Å². The van der Waals surface area contributed by atoms with Crippen LogP contribution in [0.3, 0.4) is 0 Å². The van der Waals surface area contributed by atoms with Crippen molar-refractivity contribution in [2.75, 3.05) is 5.73 Å². The van der Waals surface area contributed by atoms with E-state index in [9.17, 15) is 9.18 Å². The predicted octanol–water partition coefficient (Wildman–Crippen LogP) is 2.52. The summed E-state index contributed by atoms with van der Waals surface area (Å²) in [6.07, 6.45) is 1.10. The van der Waals surface area contributed by atoms with Crippen LogP contribution in [-0.4, -0.2) is 37.4 Å². The summed E-state index contributed by atoms with van der Waals surface area (Å²) in [6.45, 7) is 0. The zero-order chi connectivity index (χ0) is 20.4. The Balaban J connectivity index is 1.66. The molecular formula is C16H10ClFN8O2S. The molecule has 3 heterocycles. The number of halogens is 2. The first kappa shape index (κ1) is 18.7. The van der Waals surface area contributed by atoms with Gasteiger partial charge >= 0.3 is 0 Å². The number of thiophene rings is 1. The molecular weight excluding hydrogens is 423 g/mol. The summed E-state index contributed by atoms with van der Waals surface area (Å²) in [7, 11) is 0. The second kappa shape index (κ2) is 7.77. The van der Waals surface area contributed by atoms with Gasteiger partial charge in [-0.2, -0.15) is 9.78 Å². The average Bonchev–Trinajstić information content (AvgIpc) is 3.43. The van der Waals surface area contributed by atoms with Crippen LogP contribution in [0.1, 0.15) is 16.1 Å². The number of nitrogens with two attached hydrogens (primary N) is 1. The molecule has 0 aliphatic rings. The number of rotatable bonds is 5. The number of nitrogens with one attached hydrogen (secondary N) is 1. The lowest BCUT2D eigenvalue weighted by Gasteiger charge is -2.03. The van der Waals surface area contributed by atoms with Gasteiger partial charge in [-0.3, -0.25) is 4.79 Å². The lowest BCUT2D eigenvalue weighted by Crippen LogP contribution is -2.19. The van der Waals surface area contributed by atoms with Gasteiger partial charge in [0.25, 0.3) is 5.91 Å². The Morgan fingerprint density at radius 3 is 2.90 bits per heavy atom. The van der Waals surface area contributed by atoms with Gasteiger partial charge < -0.3 is 5.73 Å². The van der Waals surface area contributed by atoms with Crippen molar-refractivity contribution in [3.05, 3.63) is 57.8 Å². The number of hydrogen-bond acceptors (Lipinski definition) is 9. The normalized spacial score (nSPS) is 11.2. The molecule has 1 aromatic carbocycles. The number of aromatic nitrogens is 5. The number of hydrogen-bond donors (Lipinski definition) is 2. The molecule has 0 aliphatic carbocycles. The second-order valence-electron chi connectivity index (χ2n) is 5.48. The van der Waals surface area contributed by atoms with Gasteiger partial charge in [0, 0.05) is 5.56 Å². The minimum atomic E-state index is -0.682. The topological polar surface area (TPSA) is 137 Å². The molecule has 146 valence electrons. The third-order valence-electron chi connectivity index (χ3n) is 3.70. The van der Waals surface area contributed by atoms with Gasteiger partial charge in [0.05, 0.1) is 16.1 Å². The van der Waals surface area contributed by atoms with Crippen LogP contribution in [0.25, 0.3) is 16.4 Å². The average molecular weight is 433 g/mol. The number of carbonyl (C=O) groups is 1. The van der Waals surface area contributed by atoms with Crippen molar-refractivity contribution in [2.45, 2.75) is 0 Å². The molecule has 0 radical (unpaired) electrons. The number of hydrazone groups is 1. The number of amides is 1. The highest BCUT2D eigenvalue weighted by molar-refractivity contribution is 7.13. The smallest absolute Gasteiger partial charge is 0.294 e. The number of nitrogen functional groups attached to an aromatic ring is 1. The fourth-order valence-corrected chi connectivity index (χ4v) is 3.37. The van der Waals surface area contributed by atoms with Crippen LogP contribution in [0.15, 0.2) is 45.4 Å². The minimum absolute atomic E-state index is 0.0214. The van der Waals surface area contributed by atoms with Gasteiger partial charge in [-0.1, -0.05) is 28.9 Å². The van der Waals surface area contributed by atoms with Crippen molar-refractivity contribution in [3.8, 4) is 16.4 Å². The van der Waals surface area contributed by atoms with E-state index in [1.54, 1.807) is 12.1 Å². The monoisotopic (exact) mass is 432 g/mol. The Bertz CT molecular complexity index is 1180. The summed E-state index contributed by atoms with van der Waals surface area (Å²) in [5, 5.41) is 20.7. The highest BCUT2D eigenvalue weighted by Crippen LogP contribution is 2.29. The molecule has 29 heavy (non-hydrogen) atoms. The fraction of sp³-hybridized carbons (Fsp3) is 0. The van der Waals surface area contributed by atoms with Gasteiger partial charge in [-0.25, -0.2) is 14.4 Å². The Kier molecular flexibility index (Phi) is 5.01. The van der Waals surface area contributed by atoms with E-state index in [2.05, 4.69) is 35.8 Å². The summed E-state index contributed by atoms with van der Waals surface area (Å²) in [6, 6.07) is 7.75. The van der Waals surface area contributed by atoms with E-state index in [0.29, 0.717) is 10.6 Å². The molecule has 0 spiro atoms. The molecule has 0 unspecified atom stereocenters. The van der Waals surface area contributed by atoms with Crippen molar-refractivity contribution >= 4 is 40.9 Å². The molecule has 4 aromatic rings. The molecule has 3 aromatic heterocycles. The Morgan fingerprint density at radius 1 is 1.34 bits per heavy atom. The van der Waals surface area contributed by atoms with E-state index in [1.165, 1.54) is 34.2 Å². The minimum Gasteiger partial charge on any atom is -0.378 e. The van der Waals surface area contributed by atoms with Crippen LogP contribution in [0, 0.1) is 5.82 Å². The van der Waals surface area contributed by atoms with Crippen LogP contribution in [0.4, 0.5) is 10.2 Å². The molecule has 0 fully saturated rings. The lowest BCUT2D eigenvalue weighted by atomic mass is 10.2. The molecule has 0 saturated heterocycles. The van der Waals surface area contributed by atoms with Crippen LogP contribution in [-0.2, 0) is 0 Å². The predicted molar refractivity (Wildman–Crippen MR) is 103 cm³/mol.